The number of rotatable bonds is 2. The van der Waals surface area contributed by atoms with Gasteiger partial charge >= 0.3 is 0 Å². The molecule has 1 saturated carbocycles. The molecule has 1 aliphatic carbocycles. The van der Waals surface area contributed by atoms with Crippen LogP contribution in [0.25, 0.3) is 0 Å². The molecule has 2 nitrogen and oxygen atoms in total. The maximum absolute atomic E-state index is 6.38. The second kappa shape index (κ2) is 4.30. The van der Waals surface area contributed by atoms with E-state index in [1.54, 1.807) is 0 Å². The van der Waals surface area contributed by atoms with Gasteiger partial charge in [0.2, 0.25) is 0 Å². The third-order valence-electron chi connectivity index (χ3n) is 4.40. The highest BCUT2D eigenvalue weighted by molar-refractivity contribution is 5.00. The van der Waals surface area contributed by atoms with Gasteiger partial charge in [0.25, 0.3) is 0 Å². The van der Waals surface area contributed by atoms with Gasteiger partial charge in [-0.2, -0.15) is 0 Å². The van der Waals surface area contributed by atoms with Gasteiger partial charge in [0.05, 0.1) is 6.10 Å². The molecule has 0 unspecified atom stereocenters. The molecule has 2 fully saturated rings. The van der Waals surface area contributed by atoms with Crippen molar-refractivity contribution >= 4 is 0 Å². The van der Waals surface area contributed by atoms with E-state index in [-0.39, 0.29) is 5.72 Å². The maximum atomic E-state index is 6.38. The molecule has 0 radical (unpaired) electrons. The van der Waals surface area contributed by atoms with Crippen molar-refractivity contribution in [1.29, 1.82) is 0 Å². The minimum Gasteiger partial charge on any atom is -0.356 e. The SMILES string of the molecule is CC(C)[C@@H]1CCC[C@@]12O[C@@H](C)CN2C(C)C. The largest absolute Gasteiger partial charge is 0.356 e. The molecular formula is C14H27NO. The summed E-state index contributed by atoms with van der Waals surface area (Å²) in [6.07, 6.45) is 4.31. The van der Waals surface area contributed by atoms with Crippen LogP contribution < -0.4 is 0 Å². The Balaban J connectivity index is 2.27. The minimum absolute atomic E-state index is 0.0712. The van der Waals surface area contributed by atoms with E-state index in [1.165, 1.54) is 19.3 Å². The van der Waals surface area contributed by atoms with Gasteiger partial charge < -0.3 is 4.74 Å². The molecule has 1 heterocycles. The summed E-state index contributed by atoms with van der Waals surface area (Å²) >= 11 is 0. The summed E-state index contributed by atoms with van der Waals surface area (Å²) in [7, 11) is 0. The van der Waals surface area contributed by atoms with Gasteiger partial charge in [0, 0.05) is 18.5 Å². The van der Waals surface area contributed by atoms with E-state index in [0.717, 1.165) is 18.4 Å². The highest BCUT2D eigenvalue weighted by atomic mass is 16.5. The van der Waals surface area contributed by atoms with Gasteiger partial charge in [-0.15, -0.1) is 0 Å². The minimum atomic E-state index is 0.0712. The average Bonchev–Trinajstić information content (AvgIpc) is 2.71. The first-order valence-corrected chi connectivity index (χ1v) is 6.92. The van der Waals surface area contributed by atoms with Crippen molar-refractivity contribution in [3.05, 3.63) is 0 Å². The van der Waals surface area contributed by atoms with Crippen molar-refractivity contribution < 1.29 is 4.74 Å². The van der Waals surface area contributed by atoms with Crippen molar-refractivity contribution in [2.75, 3.05) is 6.54 Å². The van der Waals surface area contributed by atoms with Gasteiger partial charge in [-0.1, -0.05) is 13.8 Å². The van der Waals surface area contributed by atoms with Crippen molar-refractivity contribution in [3.63, 3.8) is 0 Å². The Labute approximate surface area is 100 Å². The van der Waals surface area contributed by atoms with E-state index >= 15 is 0 Å². The summed E-state index contributed by atoms with van der Waals surface area (Å²) in [5.41, 5.74) is 0.0712. The average molecular weight is 225 g/mol. The zero-order valence-electron chi connectivity index (χ0n) is 11.5. The topological polar surface area (TPSA) is 12.5 Å². The molecule has 2 rings (SSSR count). The molecule has 1 spiro atoms. The summed E-state index contributed by atoms with van der Waals surface area (Å²) in [6, 6.07) is 0.601. The van der Waals surface area contributed by atoms with Gasteiger partial charge in [-0.05, 0) is 46.0 Å². The summed E-state index contributed by atoms with van der Waals surface area (Å²) in [4.78, 5) is 2.62. The predicted octanol–water partition coefficient (Wildman–Crippen LogP) is 3.27. The number of hydrogen-bond donors (Lipinski definition) is 0. The molecule has 0 aromatic rings. The van der Waals surface area contributed by atoms with Gasteiger partial charge in [0.1, 0.15) is 5.72 Å². The number of ether oxygens (including phenoxy) is 1. The molecule has 0 amide bonds. The molecule has 0 aromatic heterocycles. The van der Waals surface area contributed by atoms with Gasteiger partial charge in [-0.25, -0.2) is 0 Å². The Morgan fingerprint density at radius 3 is 2.50 bits per heavy atom. The summed E-state index contributed by atoms with van der Waals surface area (Å²) in [5, 5.41) is 0. The second-order valence-corrected chi connectivity index (χ2v) is 6.26. The fourth-order valence-electron chi connectivity index (χ4n) is 3.88. The van der Waals surface area contributed by atoms with Crippen LogP contribution in [0.5, 0.6) is 0 Å². The Kier molecular flexibility index (Phi) is 3.33. The monoisotopic (exact) mass is 225 g/mol. The standard InChI is InChI=1S/C14H27NO/c1-10(2)13-7-6-8-14(13)15(11(3)4)9-12(5)16-14/h10-13H,6-9H2,1-5H3/t12-,13-,14+/m0/s1. The van der Waals surface area contributed by atoms with Crippen LogP contribution in [0.3, 0.4) is 0 Å². The molecular weight excluding hydrogens is 198 g/mol. The van der Waals surface area contributed by atoms with Crippen molar-refractivity contribution in [2.45, 2.75) is 71.8 Å². The van der Waals surface area contributed by atoms with Crippen molar-refractivity contribution in [3.8, 4) is 0 Å². The van der Waals surface area contributed by atoms with E-state index in [1.807, 2.05) is 0 Å². The van der Waals surface area contributed by atoms with E-state index in [9.17, 15) is 0 Å². The summed E-state index contributed by atoms with van der Waals surface area (Å²) < 4.78 is 6.38. The Morgan fingerprint density at radius 2 is 1.94 bits per heavy atom. The van der Waals surface area contributed by atoms with Crippen LogP contribution in [-0.2, 0) is 4.74 Å². The molecule has 94 valence electrons. The molecule has 1 aliphatic heterocycles. The first-order chi connectivity index (χ1) is 7.47. The fraction of sp³-hybridized carbons (Fsp3) is 1.00. The molecule has 2 aliphatic rings. The van der Waals surface area contributed by atoms with E-state index in [4.69, 9.17) is 4.74 Å². The third kappa shape index (κ3) is 1.80. The lowest BCUT2D eigenvalue weighted by Gasteiger charge is -2.42. The molecule has 2 heteroatoms. The molecule has 1 saturated heterocycles. The molecule has 0 aromatic carbocycles. The quantitative estimate of drug-likeness (QED) is 0.715. The Morgan fingerprint density at radius 1 is 1.25 bits per heavy atom. The Bertz CT molecular complexity index is 251. The first-order valence-electron chi connectivity index (χ1n) is 6.92. The van der Waals surface area contributed by atoms with Crippen LogP contribution in [0.4, 0.5) is 0 Å². The van der Waals surface area contributed by atoms with Crippen LogP contribution in [0.1, 0.15) is 53.9 Å². The third-order valence-corrected chi connectivity index (χ3v) is 4.40. The highest BCUT2D eigenvalue weighted by Gasteiger charge is 2.54. The normalized spacial score (nSPS) is 40.7. The van der Waals surface area contributed by atoms with Crippen molar-refractivity contribution in [2.24, 2.45) is 11.8 Å². The number of nitrogens with zero attached hydrogens (tertiary/aromatic N) is 1. The van der Waals surface area contributed by atoms with E-state index in [2.05, 4.69) is 39.5 Å². The van der Waals surface area contributed by atoms with Crippen LogP contribution in [0.2, 0.25) is 0 Å². The fourth-order valence-corrected chi connectivity index (χ4v) is 3.88. The van der Waals surface area contributed by atoms with Crippen LogP contribution in [0.15, 0.2) is 0 Å². The lowest BCUT2D eigenvalue weighted by molar-refractivity contribution is -0.145. The van der Waals surface area contributed by atoms with Crippen LogP contribution in [0, 0.1) is 11.8 Å². The maximum Gasteiger partial charge on any atom is 0.125 e. The molecule has 3 atom stereocenters. The van der Waals surface area contributed by atoms with Gasteiger partial charge in [-0.3, -0.25) is 4.90 Å². The van der Waals surface area contributed by atoms with Crippen LogP contribution >= 0.6 is 0 Å². The smallest absolute Gasteiger partial charge is 0.125 e. The van der Waals surface area contributed by atoms with Crippen LogP contribution in [-0.4, -0.2) is 29.3 Å². The highest BCUT2D eigenvalue weighted by Crippen LogP contribution is 2.49. The van der Waals surface area contributed by atoms with Crippen molar-refractivity contribution in [1.82, 2.24) is 4.90 Å². The second-order valence-electron chi connectivity index (χ2n) is 6.26. The number of hydrogen-bond acceptors (Lipinski definition) is 2. The molecule has 16 heavy (non-hydrogen) atoms. The lowest BCUT2D eigenvalue weighted by Crippen LogP contribution is -2.52. The predicted molar refractivity (Wildman–Crippen MR) is 67.3 cm³/mol. The Hall–Kier alpha value is -0.0800. The van der Waals surface area contributed by atoms with Gasteiger partial charge in [0.15, 0.2) is 0 Å². The summed E-state index contributed by atoms with van der Waals surface area (Å²) in [6.45, 7) is 12.6. The molecule has 0 bridgehead atoms. The lowest BCUT2D eigenvalue weighted by atomic mass is 9.86. The summed E-state index contributed by atoms with van der Waals surface area (Å²) in [5.74, 6) is 1.45. The first kappa shape index (κ1) is 12.4. The molecule has 0 N–H and O–H groups in total. The zero-order valence-corrected chi connectivity index (χ0v) is 11.5. The van der Waals surface area contributed by atoms with E-state index in [0.29, 0.717) is 12.1 Å². The van der Waals surface area contributed by atoms with E-state index < -0.39 is 0 Å². The zero-order chi connectivity index (χ0) is 11.9.